The highest BCUT2D eigenvalue weighted by atomic mass is 16.4. The number of para-hydroxylation sites is 1. The van der Waals surface area contributed by atoms with Gasteiger partial charge in [-0.25, -0.2) is 9.78 Å². The molecule has 1 N–H and O–H groups in total. The van der Waals surface area contributed by atoms with Crippen molar-refractivity contribution in [3.8, 4) is 0 Å². The van der Waals surface area contributed by atoms with Crippen molar-refractivity contribution in [3.05, 3.63) is 76.5 Å². The molecule has 0 bridgehead atoms. The molecule has 6 nitrogen and oxygen atoms in total. The average molecular weight is 334 g/mol. The molecule has 0 fully saturated rings. The topological polar surface area (TPSA) is 85.3 Å². The third-order valence-corrected chi connectivity index (χ3v) is 3.98. The first-order chi connectivity index (χ1) is 12.2. The smallest absolute Gasteiger partial charge is 0.349 e. The highest BCUT2D eigenvalue weighted by Gasteiger charge is 2.13. The van der Waals surface area contributed by atoms with Crippen LogP contribution in [0.25, 0.3) is 22.1 Å². The summed E-state index contributed by atoms with van der Waals surface area (Å²) in [7, 11) is 0. The maximum absolute atomic E-state index is 12.3. The summed E-state index contributed by atoms with van der Waals surface area (Å²) in [6, 6.07) is 14.3. The summed E-state index contributed by atoms with van der Waals surface area (Å²) in [5, 5.41) is 3.46. The molecule has 1 amide bonds. The Bertz CT molecular complexity index is 1130. The van der Waals surface area contributed by atoms with Gasteiger partial charge >= 0.3 is 5.63 Å². The fourth-order valence-corrected chi connectivity index (χ4v) is 2.69. The van der Waals surface area contributed by atoms with Crippen LogP contribution in [0, 0.1) is 0 Å². The zero-order valence-electron chi connectivity index (χ0n) is 13.2. The summed E-state index contributed by atoms with van der Waals surface area (Å²) in [5.74, 6) is -0.443. The number of fused-ring (bicyclic) bond motifs is 2. The quantitative estimate of drug-likeness (QED) is 0.580. The molecule has 25 heavy (non-hydrogen) atoms. The highest BCUT2D eigenvalue weighted by Crippen LogP contribution is 2.15. The van der Waals surface area contributed by atoms with Crippen molar-refractivity contribution in [2.75, 3.05) is 6.54 Å². The summed E-state index contributed by atoms with van der Waals surface area (Å²) in [4.78, 5) is 28.4. The lowest BCUT2D eigenvalue weighted by Gasteiger charge is -2.05. The van der Waals surface area contributed by atoms with Crippen molar-refractivity contribution in [1.29, 1.82) is 0 Å². The molecule has 0 saturated heterocycles. The van der Waals surface area contributed by atoms with E-state index >= 15 is 0 Å². The molecule has 2 aromatic heterocycles. The van der Waals surface area contributed by atoms with Gasteiger partial charge < -0.3 is 14.2 Å². The molecule has 0 aliphatic carbocycles. The van der Waals surface area contributed by atoms with Crippen LogP contribution in [0.2, 0.25) is 0 Å². The van der Waals surface area contributed by atoms with Gasteiger partial charge in [-0.2, -0.15) is 0 Å². The maximum Gasteiger partial charge on any atom is 0.349 e. The van der Waals surface area contributed by atoms with E-state index in [0.29, 0.717) is 23.9 Å². The lowest BCUT2D eigenvalue weighted by molar-refractivity contribution is 0.0950. The van der Waals surface area contributed by atoms with Crippen LogP contribution in [-0.2, 0) is 6.42 Å². The number of carbonyl (C=O) groups excluding carboxylic acids is 1. The molecule has 0 atom stereocenters. The molecule has 0 aliphatic heterocycles. The first kappa shape index (κ1) is 15.1. The second-order valence-electron chi connectivity index (χ2n) is 5.65. The van der Waals surface area contributed by atoms with Crippen molar-refractivity contribution in [2.45, 2.75) is 6.42 Å². The summed E-state index contributed by atoms with van der Waals surface area (Å²) in [6.07, 6.45) is 2.02. The van der Waals surface area contributed by atoms with Crippen LogP contribution < -0.4 is 10.9 Å². The van der Waals surface area contributed by atoms with Gasteiger partial charge in [0.1, 0.15) is 16.7 Å². The molecule has 0 saturated carbocycles. The first-order valence-corrected chi connectivity index (χ1v) is 7.84. The lowest BCUT2D eigenvalue weighted by atomic mass is 10.1. The van der Waals surface area contributed by atoms with Crippen molar-refractivity contribution in [2.24, 2.45) is 0 Å². The monoisotopic (exact) mass is 334 g/mol. The Morgan fingerprint density at radius 2 is 1.96 bits per heavy atom. The second-order valence-corrected chi connectivity index (χ2v) is 5.65. The Labute approximate surface area is 142 Å². The van der Waals surface area contributed by atoms with E-state index in [1.54, 1.807) is 24.3 Å². The maximum atomic E-state index is 12.3. The minimum absolute atomic E-state index is 0.00523. The van der Waals surface area contributed by atoms with Gasteiger partial charge in [-0.1, -0.05) is 24.3 Å². The summed E-state index contributed by atoms with van der Waals surface area (Å²) < 4.78 is 10.4. The largest absolute Gasteiger partial charge is 0.443 e. The fourth-order valence-electron chi connectivity index (χ4n) is 2.69. The molecule has 6 heteroatoms. The van der Waals surface area contributed by atoms with E-state index in [2.05, 4.69) is 10.3 Å². The molecule has 0 spiro atoms. The van der Waals surface area contributed by atoms with E-state index in [0.717, 1.165) is 16.7 Å². The van der Waals surface area contributed by atoms with Gasteiger partial charge in [-0.05, 0) is 36.2 Å². The number of nitrogens with zero attached hydrogens (tertiary/aromatic N) is 1. The van der Waals surface area contributed by atoms with Gasteiger partial charge in [0.05, 0.1) is 0 Å². The predicted molar refractivity (Wildman–Crippen MR) is 92.5 cm³/mol. The molecule has 0 unspecified atom stereocenters. The molecule has 0 radical (unpaired) electrons. The van der Waals surface area contributed by atoms with Crippen LogP contribution in [0.15, 0.2) is 68.6 Å². The predicted octanol–water partition coefficient (Wildman–Crippen LogP) is 2.91. The van der Waals surface area contributed by atoms with Gasteiger partial charge in [0.2, 0.25) is 0 Å². The standard InChI is InChI=1S/C19H14N2O4/c22-18(14-10-13-3-1-2-4-16(13)25-19(14)23)20-8-7-12-5-6-17-15(9-12)21-11-24-17/h1-6,9-11H,7-8H2,(H,20,22). The van der Waals surface area contributed by atoms with Gasteiger partial charge in [0.25, 0.3) is 5.91 Å². The number of benzene rings is 2. The van der Waals surface area contributed by atoms with Crippen LogP contribution in [0.1, 0.15) is 15.9 Å². The summed E-state index contributed by atoms with van der Waals surface area (Å²) in [5.41, 5.74) is 2.35. The van der Waals surface area contributed by atoms with E-state index in [1.807, 2.05) is 24.3 Å². The minimum Gasteiger partial charge on any atom is -0.443 e. The van der Waals surface area contributed by atoms with Crippen LogP contribution in [0.3, 0.4) is 0 Å². The van der Waals surface area contributed by atoms with E-state index in [-0.39, 0.29) is 5.56 Å². The average Bonchev–Trinajstić information content (AvgIpc) is 3.09. The van der Waals surface area contributed by atoms with Crippen LogP contribution in [0.5, 0.6) is 0 Å². The van der Waals surface area contributed by atoms with Crippen molar-refractivity contribution < 1.29 is 13.6 Å². The zero-order chi connectivity index (χ0) is 17.2. The SMILES string of the molecule is O=C(NCCc1ccc2ocnc2c1)c1cc2ccccc2oc1=O. The number of hydrogen-bond donors (Lipinski definition) is 1. The first-order valence-electron chi connectivity index (χ1n) is 7.84. The lowest BCUT2D eigenvalue weighted by Crippen LogP contribution is -2.29. The Morgan fingerprint density at radius 3 is 2.88 bits per heavy atom. The number of nitrogens with one attached hydrogen (secondary N) is 1. The van der Waals surface area contributed by atoms with Crippen molar-refractivity contribution >= 4 is 28.0 Å². The Balaban J connectivity index is 1.46. The molecule has 4 rings (SSSR count). The van der Waals surface area contributed by atoms with Crippen molar-refractivity contribution in [3.63, 3.8) is 0 Å². The van der Waals surface area contributed by atoms with Gasteiger partial charge in [0, 0.05) is 11.9 Å². The van der Waals surface area contributed by atoms with Crippen LogP contribution in [-0.4, -0.2) is 17.4 Å². The number of rotatable bonds is 4. The van der Waals surface area contributed by atoms with E-state index in [9.17, 15) is 9.59 Å². The Kier molecular flexibility index (Phi) is 3.78. The van der Waals surface area contributed by atoms with Crippen LogP contribution >= 0.6 is 0 Å². The van der Waals surface area contributed by atoms with Gasteiger partial charge in [0.15, 0.2) is 12.0 Å². The third kappa shape index (κ3) is 3.01. The Morgan fingerprint density at radius 1 is 1.08 bits per heavy atom. The number of aromatic nitrogens is 1. The van der Waals surface area contributed by atoms with E-state index in [4.69, 9.17) is 8.83 Å². The second kappa shape index (κ2) is 6.24. The fraction of sp³-hybridized carbons (Fsp3) is 0.105. The van der Waals surface area contributed by atoms with E-state index in [1.165, 1.54) is 6.39 Å². The third-order valence-electron chi connectivity index (χ3n) is 3.98. The van der Waals surface area contributed by atoms with E-state index < -0.39 is 11.5 Å². The molecule has 4 aromatic rings. The van der Waals surface area contributed by atoms with Crippen LogP contribution in [0.4, 0.5) is 0 Å². The summed E-state index contributed by atoms with van der Waals surface area (Å²) >= 11 is 0. The highest BCUT2D eigenvalue weighted by molar-refractivity contribution is 5.96. The Hall–Kier alpha value is -3.41. The van der Waals surface area contributed by atoms with Gasteiger partial charge in [-0.3, -0.25) is 4.79 Å². The number of oxazole rings is 1. The summed E-state index contributed by atoms with van der Waals surface area (Å²) in [6.45, 7) is 0.397. The molecule has 2 aromatic carbocycles. The van der Waals surface area contributed by atoms with Gasteiger partial charge in [-0.15, -0.1) is 0 Å². The minimum atomic E-state index is -0.639. The molecular weight excluding hydrogens is 320 g/mol. The zero-order valence-corrected chi connectivity index (χ0v) is 13.2. The molecular formula is C19H14N2O4. The molecule has 2 heterocycles. The number of carbonyl (C=O) groups is 1. The normalized spacial score (nSPS) is 11.0. The molecule has 0 aliphatic rings. The van der Waals surface area contributed by atoms with Crippen molar-refractivity contribution in [1.82, 2.24) is 10.3 Å². The number of hydrogen-bond acceptors (Lipinski definition) is 5. The number of amides is 1. The molecule has 124 valence electrons.